The Balaban J connectivity index is 3.50. The van der Waals surface area contributed by atoms with E-state index in [1.807, 2.05) is 0 Å². The van der Waals surface area contributed by atoms with Crippen LogP contribution in [0.2, 0.25) is 0 Å². The Bertz CT molecular complexity index is 105. The van der Waals surface area contributed by atoms with Crippen LogP contribution < -0.4 is 0 Å². The molecule has 0 N–H and O–H groups in total. The maximum Gasteiger partial charge on any atom is 0.152 e. The number of allylic oxidation sites excluding steroid dienone is 2. The monoisotopic (exact) mass is 132 g/mol. The second-order valence-electron chi connectivity index (χ2n) is 1.65. The van der Waals surface area contributed by atoms with Crippen molar-refractivity contribution in [3.63, 3.8) is 0 Å². The fourth-order valence-electron chi connectivity index (χ4n) is 0.268. The van der Waals surface area contributed by atoms with Gasteiger partial charge in [-0.3, -0.25) is 4.79 Å². The fraction of sp³-hybridized carbons (Fsp3) is 0.500. The summed E-state index contributed by atoms with van der Waals surface area (Å²) in [6.07, 6.45) is 3.13. The zero-order valence-electron chi connectivity index (χ0n) is 5.02. The van der Waals surface area contributed by atoms with Crippen molar-refractivity contribution in [2.24, 2.45) is 0 Å². The van der Waals surface area contributed by atoms with E-state index in [2.05, 4.69) is 0 Å². The van der Waals surface area contributed by atoms with E-state index >= 15 is 0 Å². The maximum absolute atomic E-state index is 10.2. The summed E-state index contributed by atoms with van der Waals surface area (Å²) in [5.41, 5.74) is 0. The summed E-state index contributed by atoms with van der Waals surface area (Å²) in [6, 6.07) is 0. The lowest BCUT2D eigenvalue weighted by Gasteiger charge is -1.86. The number of carbonyl (C=O) groups excluding carboxylic acids is 1. The van der Waals surface area contributed by atoms with Gasteiger partial charge >= 0.3 is 0 Å². The van der Waals surface area contributed by atoms with E-state index in [4.69, 9.17) is 11.6 Å². The Hall–Kier alpha value is -0.300. The smallest absolute Gasteiger partial charge is 0.152 e. The molecule has 8 heavy (non-hydrogen) atoms. The molecule has 0 spiro atoms. The van der Waals surface area contributed by atoms with Crippen molar-refractivity contribution in [1.29, 1.82) is 0 Å². The summed E-state index contributed by atoms with van der Waals surface area (Å²) in [7, 11) is 0. The van der Waals surface area contributed by atoms with Gasteiger partial charge in [0, 0.05) is 5.38 Å². The third-order valence-corrected chi connectivity index (χ3v) is 0.742. The molecule has 0 heterocycles. The minimum absolute atomic E-state index is 0.0394. The quantitative estimate of drug-likeness (QED) is 0.413. The molecule has 46 valence electrons. The Labute approximate surface area is 54.3 Å². The molecule has 0 aliphatic carbocycles. The van der Waals surface area contributed by atoms with Crippen LogP contribution in [0.3, 0.4) is 0 Å². The molecular formula is C6H9ClO. The first-order chi connectivity index (χ1) is 3.63. The van der Waals surface area contributed by atoms with Crippen LogP contribution in [-0.2, 0) is 4.79 Å². The SMILES string of the molecule is CC(=O)/C=C/C(C)Cl. The van der Waals surface area contributed by atoms with Crippen molar-refractivity contribution < 1.29 is 4.79 Å². The molecule has 0 rings (SSSR count). The molecule has 0 aromatic rings. The summed E-state index contributed by atoms with van der Waals surface area (Å²) in [6.45, 7) is 3.30. The lowest BCUT2D eigenvalue weighted by molar-refractivity contribution is -0.112. The molecular weight excluding hydrogens is 124 g/mol. The average molecular weight is 133 g/mol. The van der Waals surface area contributed by atoms with E-state index in [9.17, 15) is 4.79 Å². The first kappa shape index (κ1) is 7.70. The summed E-state index contributed by atoms with van der Waals surface area (Å²) in [5, 5.41) is -0.0427. The van der Waals surface area contributed by atoms with Gasteiger partial charge in [-0.25, -0.2) is 0 Å². The lowest BCUT2D eigenvalue weighted by Crippen LogP contribution is -1.85. The number of halogens is 1. The molecule has 0 aromatic heterocycles. The summed E-state index contributed by atoms with van der Waals surface area (Å²) >= 11 is 5.48. The lowest BCUT2D eigenvalue weighted by atomic mass is 10.3. The van der Waals surface area contributed by atoms with E-state index in [0.717, 1.165) is 0 Å². The van der Waals surface area contributed by atoms with Crippen molar-refractivity contribution in [3.05, 3.63) is 12.2 Å². The van der Waals surface area contributed by atoms with Crippen LogP contribution in [0, 0.1) is 0 Å². The van der Waals surface area contributed by atoms with Crippen LogP contribution in [0.5, 0.6) is 0 Å². The average Bonchev–Trinajstić information content (AvgIpc) is 1.61. The van der Waals surface area contributed by atoms with Gasteiger partial charge in [-0.15, -0.1) is 11.6 Å². The molecule has 0 amide bonds. The molecule has 0 saturated carbocycles. The number of carbonyl (C=O) groups is 1. The van der Waals surface area contributed by atoms with E-state index in [1.165, 1.54) is 13.0 Å². The van der Waals surface area contributed by atoms with Gasteiger partial charge in [0.2, 0.25) is 0 Å². The van der Waals surface area contributed by atoms with E-state index in [-0.39, 0.29) is 11.2 Å². The first-order valence-electron chi connectivity index (χ1n) is 2.46. The third kappa shape index (κ3) is 5.70. The molecule has 0 bridgehead atoms. The van der Waals surface area contributed by atoms with Crippen molar-refractivity contribution in [2.45, 2.75) is 19.2 Å². The molecule has 1 unspecified atom stereocenters. The number of alkyl halides is 1. The van der Waals surface area contributed by atoms with Crippen LogP contribution >= 0.6 is 11.6 Å². The van der Waals surface area contributed by atoms with Crippen LogP contribution in [0.4, 0.5) is 0 Å². The Morgan fingerprint density at radius 3 is 2.38 bits per heavy atom. The molecule has 0 aliphatic heterocycles. The number of ketones is 1. The second-order valence-corrected chi connectivity index (χ2v) is 2.34. The topological polar surface area (TPSA) is 17.1 Å². The van der Waals surface area contributed by atoms with Gasteiger partial charge in [0.15, 0.2) is 5.78 Å². The highest BCUT2D eigenvalue weighted by Crippen LogP contribution is 1.93. The largest absolute Gasteiger partial charge is 0.295 e. The van der Waals surface area contributed by atoms with E-state index in [1.54, 1.807) is 13.0 Å². The van der Waals surface area contributed by atoms with E-state index in [0.29, 0.717) is 0 Å². The Morgan fingerprint density at radius 1 is 1.75 bits per heavy atom. The Kier molecular flexibility index (Phi) is 3.53. The predicted molar refractivity (Wildman–Crippen MR) is 35.1 cm³/mol. The van der Waals surface area contributed by atoms with Gasteiger partial charge in [-0.2, -0.15) is 0 Å². The van der Waals surface area contributed by atoms with Gasteiger partial charge in [0.05, 0.1) is 0 Å². The molecule has 0 aliphatic rings. The predicted octanol–water partition coefficient (Wildman–Crippen LogP) is 1.76. The van der Waals surface area contributed by atoms with Gasteiger partial charge in [-0.1, -0.05) is 6.08 Å². The first-order valence-corrected chi connectivity index (χ1v) is 2.89. The number of hydrogen-bond donors (Lipinski definition) is 0. The van der Waals surface area contributed by atoms with Crippen molar-refractivity contribution >= 4 is 17.4 Å². The molecule has 0 aromatic carbocycles. The molecule has 0 fully saturated rings. The molecule has 0 saturated heterocycles. The van der Waals surface area contributed by atoms with Crippen molar-refractivity contribution in [2.75, 3.05) is 0 Å². The van der Waals surface area contributed by atoms with Crippen molar-refractivity contribution in [1.82, 2.24) is 0 Å². The summed E-state index contributed by atoms with van der Waals surface area (Å²) in [4.78, 5) is 10.2. The van der Waals surface area contributed by atoms with Crippen LogP contribution in [0.15, 0.2) is 12.2 Å². The van der Waals surface area contributed by atoms with Gasteiger partial charge in [0.1, 0.15) is 0 Å². The van der Waals surface area contributed by atoms with Gasteiger partial charge < -0.3 is 0 Å². The zero-order valence-corrected chi connectivity index (χ0v) is 5.77. The van der Waals surface area contributed by atoms with E-state index < -0.39 is 0 Å². The third-order valence-electron chi connectivity index (χ3n) is 0.596. The normalized spacial score (nSPS) is 14.4. The highest BCUT2D eigenvalue weighted by atomic mass is 35.5. The fourth-order valence-corrected chi connectivity index (χ4v) is 0.341. The summed E-state index contributed by atoms with van der Waals surface area (Å²) in [5.74, 6) is 0.0394. The van der Waals surface area contributed by atoms with Crippen molar-refractivity contribution in [3.8, 4) is 0 Å². The number of rotatable bonds is 2. The standard InChI is InChI=1S/C6H9ClO/c1-5(7)3-4-6(2)8/h3-5H,1-2H3/b4-3+. The van der Waals surface area contributed by atoms with Gasteiger partial charge in [-0.05, 0) is 19.9 Å². The molecule has 2 heteroatoms. The van der Waals surface area contributed by atoms with Crippen LogP contribution in [-0.4, -0.2) is 11.2 Å². The second kappa shape index (κ2) is 3.67. The molecule has 1 nitrogen and oxygen atoms in total. The van der Waals surface area contributed by atoms with Gasteiger partial charge in [0.25, 0.3) is 0 Å². The zero-order chi connectivity index (χ0) is 6.57. The summed E-state index contributed by atoms with van der Waals surface area (Å²) < 4.78 is 0. The minimum atomic E-state index is -0.0427. The number of hydrogen-bond acceptors (Lipinski definition) is 1. The molecule has 0 radical (unpaired) electrons. The van der Waals surface area contributed by atoms with Crippen LogP contribution in [0.25, 0.3) is 0 Å². The minimum Gasteiger partial charge on any atom is -0.295 e. The molecule has 1 atom stereocenters. The Morgan fingerprint density at radius 2 is 2.25 bits per heavy atom. The highest BCUT2D eigenvalue weighted by molar-refractivity contribution is 6.21. The maximum atomic E-state index is 10.2. The van der Waals surface area contributed by atoms with Crippen LogP contribution in [0.1, 0.15) is 13.8 Å². The highest BCUT2D eigenvalue weighted by Gasteiger charge is 1.86.